The molecule has 0 bridgehead atoms. The molecule has 4 N–H and O–H groups in total. The Hall–Kier alpha value is -0.580. The third-order valence-corrected chi connectivity index (χ3v) is 3.52. The highest BCUT2D eigenvalue weighted by molar-refractivity contribution is 4.67. The Balaban J connectivity index is 3.36. The van der Waals surface area contributed by atoms with Gasteiger partial charge in [0.05, 0.1) is 13.1 Å². The summed E-state index contributed by atoms with van der Waals surface area (Å²) in [5.41, 5.74) is 0. The molecule has 2 atom stereocenters. The van der Waals surface area contributed by atoms with Crippen LogP contribution in [0, 0.1) is 0 Å². The summed E-state index contributed by atoms with van der Waals surface area (Å²) in [6.45, 7) is 4.20. The Morgan fingerprint density at radius 3 is 1.32 bits per heavy atom. The topological polar surface area (TPSA) is 48.1 Å². The van der Waals surface area contributed by atoms with Gasteiger partial charge in [0.25, 0.3) is 0 Å². The molecule has 25 heavy (non-hydrogen) atoms. The lowest BCUT2D eigenvalue weighted by molar-refractivity contribution is -0.126. The maximum absolute atomic E-state index is 12.0. The minimum absolute atomic E-state index is 0.210. The van der Waals surface area contributed by atoms with E-state index in [2.05, 4.69) is 21.3 Å². The molecule has 0 aliphatic heterocycles. The Morgan fingerprint density at radius 2 is 1.00 bits per heavy atom. The first-order valence-corrected chi connectivity index (χ1v) is 8.51. The highest BCUT2D eigenvalue weighted by atomic mass is 19.4. The van der Waals surface area contributed by atoms with Crippen molar-refractivity contribution in [3.8, 4) is 0 Å². The van der Waals surface area contributed by atoms with Gasteiger partial charge in [0.1, 0.15) is 0 Å². The highest BCUT2D eigenvalue weighted by Gasteiger charge is 2.27. The average molecular weight is 380 g/mol. The Kier molecular flexibility index (Phi) is 12.4. The fourth-order valence-corrected chi connectivity index (χ4v) is 2.01. The van der Waals surface area contributed by atoms with E-state index in [1.165, 1.54) is 0 Å². The van der Waals surface area contributed by atoms with Crippen LogP contribution in [-0.4, -0.2) is 63.7 Å². The predicted octanol–water partition coefficient (Wildman–Crippen LogP) is 2.42. The molecule has 4 nitrogen and oxygen atoms in total. The first-order valence-electron chi connectivity index (χ1n) is 8.51. The summed E-state index contributed by atoms with van der Waals surface area (Å²) >= 11 is 0. The molecule has 0 radical (unpaired) electrons. The summed E-state index contributed by atoms with van der Waals surface area (Å²) in [5.74, 6) is 0. The second-order valence-electron chi connectivity index (χ2n) is 6.23. The van der Waals surface area contributed by atoms with Crippen molar-refractivity contribution in [2.24, 2.45) is 0 Å². The van der Waals surface area contributed by atoms with Crippen LogP contribution in [0.5, 0.6) is 0 Å². The normalized spacial score (nSPS) is 15.4. The van der Waals surface area contributed by atoms with Crippen LogP contribution in [0.4, 0.5) is 26.3 Å². The molecule has 10 heteroatoms. The van der Waals surface area contributed by atoms with Gasteiger partial charge >= 0.3 is 12.4 Å². The number of nitrogens with one attached hydrogen (secondary N) is 4. The van der Waals surface area contributed by atoms with Crippen LogP contribution in [0.25, 0.3) is 0 Å². The summed E-state index contributed by atoms with van der Waals surface area (Å²) in [7, 11) is 0. The molecule has 0 aromatic rings. The predicted molar refractivity (Wildman–Crippen MR) is 86.6 cm³/mol. The Labute approximate surface area is 145 Å². The standard InChI is InChI=1S/C15H30F6N4/c1-12(24-10-14(16,17)18)4-8-22-6-3-7-23-9-5-13(2)25-11-15(19,20)21/h12-13,22-25H,3-11H2,1-2H3. The van der Waals surface area contributed by atoms with Crippen LogP contribution < -0.4 is 21.3 Å². The van der Waals surface area contributed by atoms with Crippen molar-refractivity contribution in [2.45, 2.75) is 57.5 Å². The van der Waals surface area contributed by atoms with Crippen molar-refractivity contribution >= 4 is 0 Å². The van der Waals surface area contributed by atoms with E-state index in [0.29, 0.717) is 25.9 Å². The van der Waals surface area contributed by atoms with E-state index in [1.54, 1.807) is 13.8 Å². The van der Waals surface area contributed by atoms with Gasteiger partial charge in [0.2, 0.25) is 0 Å². The summed E-state index contributed by atoms with van der Waals surface area (Å²) in [6, 6.07) is -0.420. The number of rotatable bonds is 14. The minimum atomic E-state index is -4.19. The van der Waals surface area contributed by atoms with E-state index < -0.39 is 25.4 Å². The molecule has 152 valence electrons. The van der Waals surface area contributed by atoms with Gasteiger partial charge in [0, 0.05) is 12.1 Å². The van der Waals surface area contributed by atoms with E-state index in [1.807, 2.05) is 0 Å². The van der Waals surface area contributed by atoms with Crippen LogP contribution in [0.15, 0.2) is 0 Å². The Bertz CT molecular complexity index is 292. The Morgan fingerprint density at radius 1 is 0.640 bits per heavy atom. The molecular formula is C15H30F6N4. The summed E-state index contributed by atoms with van der Waals surface area (Å²) in [6.07, 6.45) is -6.33. The lowest BCUT2D eigenvalue weighted by atomic mass is 10.2. The monoisotopic (exact) mass is 380 g/mol. The molecule has 0 aliphatic carbocycles. The molecule has 0 rings (SSSR count). The molecule has 0 saturated carbocycles. The van der Waals surface area contributed by atoms with E-state index in [4.69, 9.17) is 0 Å². The molecule has 0 aromatic carbocycles. The number of halogens is 6. The molecule has 0 aromatic heterocycles. The maximum Gasteiger partial charge on any atom is 0.401 e. The molecule has 0 fully saturated rings. The minimum Gasteiger partial charge on any atom is -0.317 e. The second kappa shape index (κ2) is 12.7. The van der Waals surface area contributed by atoms with Crippen LogP contribution in [-0.2, 0) is 0 Å². The SMILES string of the molecule is CC(CCNCCCNCCC(C)NCC(F)(F)F)NCC(F)(F)F. The van der Waals surface area contributed by atoms with Crippen molar-refractivity contribution in [3.05, 3.63) is 0 Å². The van der Waals surface area contributed by atoms with Gasteiger partial charge in [-0.15, -0.1) is 0 Å². The van der Waals surface area contributed by atoms with Crippen LogP contribution >= 0.6 is 0 Å². The second-order valence-corrected chi connectivity index (χ2v) is 6.23. The van der Waals surface area contributed by atoms with Gasteiger partial charge in [-0.05, 0) is 59.3 Å². The molecular weight excluding hydrogens is 350 g/mol. The van der Waals surface area contributed by atoms with E-state index in [9.17, 15) is 26.3 Å². The number of hydrogen-bond acceptors (Lipinski definition) is 4. The summed E-state index contributed by atoms with van der Waals surface area (Å²) < 4.78 is 72.1. The molecule has 0 saturated heterocycles. The quantitative estimate of drug-likeness (QED) is 0.276. The average Bonchev–Trinajstić information content (AvgIpc) is 2.48. The highest BCUT2D eigenvalue weighted by Crippen LogP contribution is 2.13. The first kappa shape index (κ1) is 24.4. The zero-order chi connectivity index (χ0) is 19.3. The van der Waals surface area contributed by atoms with Crippen LogP contribution in [0.3, 0.4) is 0 Å². The summed E-state index contributed by atoms with van der Waals surface area (Å²) in [5, 5.41) is 11.1. The zero-order valence-corrected chi connectivity index (χ0v) is 14.8. The van der Waals surface area contributed by atoms with E-state index in [0.717, 1.165) is 19.5 Å². The van der Waals surface area contributed by atoms with Gasteiger partial charge in [0.15, 0.2) is 0 Å². The van der Waals surface area contributed by atoms with Gasteiger partial charge in [-0.2, -0.15) is 26.3 Å². The molecule has 0 heterocycles. The maximum atomic E-state index is 12.0. The fourth-order valence-electron chi connectivity index (χ4n) is 2.01. The zero-order valence-electron chi connectivity index (χ0n) is 14.8. The van der Waals surface area contributed by atoms with Gasteiger partial charge in [-0.1, -0.05) is 0 Å². The summed E-state index contributed by atoms with van der Waals surface area (Å²) in [4.78, 5) is 0. The van der Waals surface area contributed by atoms with Crippen LogP contribution in [0.1, 0.15) is 33.1 Å². The van der Waals surface area contributed by atoms with Crippen molar-refractivity contribution in [3.63, 3.8) is 0 Å². The van der Waals surface area contributed by atoms with Crippen molar-refractivity contribution < 1.29 is 26.3 Å². The molecule has 2 unspecified atom stereocenters. The third-order valence-electron chi connectivity index (χ3n) is 3.52. The molecule has 0 amide bonds. The number of hydrogen-bond donors (Lipinski definition) is 4. The first-order chi connectivity index (χ1) is 11.5. The van der Waals surface area contributed by atoms with Crippen molar-refractivity contribution in [1.82, 2.24) is 21.3 Å². The van der Waals surface area contributed by atoms with Crippen molar-refractivity contribution in [2.75, 3.05) is 39.3 Å². The lowest BCUT2D eigenvalue weighted by Crippen LogP contribution is -2.37. The van der Waals surface area contributed by atoms with Crippen molar-refractivity contribution in [1.29, 1.82) is 0 Å². The van der Waals surface area contributed by atoms with E-state index in [-0.39, 0.29) is 12.1 Å². The van der Waals surface area contributed by atoms with Gasteiger partial charge in [-0.3, -0.25) is 0 Å². The fraction of sp³-hybridized carbons (Fsp3) is 1.00. The molecule has 0 spiro atoms. The molecule has 0 aliphatic rings. The van der Waals surface area contributed by atoms with E-state index >= 15 is 0 Å². The smallest absolute Gasteiger partial charge is 0.317 e. The van der Waals surface area contributed by atoms with Crippen LogP contribution in [0.2, 0.25) is 0 Å². The lowest BCUT2D eigenvalue weighted by Gasteiger charge is -2.16. The van der Waals surface area contributed by atoms with Gasteiger partial charge < -0.3 is 21.3 Å². The number of alkyl halides is 6. The largest absolute Gasteiger partial charge is 0.401 e. The third kappa shape index (κ3) is 19.6. The van der Waals surface area contributed by atoms with Gasteiger partial charge in [-0.25, -0.2) is 0 Å².